The van der Waals surface area contributed by atoms with Crippen molar-refractivity contribution in [2.75, 3.05) is 0 Å². The van der Waals surface area contributed by atoms with Gasteiger partial charge in [-0.05, 0) is 12.3 Å². The first-order chi connectivity index (χ1) is 5.83. The van der Waals surface area contributed by atoms with Crippen molar-refractivity contribution in [3.8, 4) is 0 Å². The Hall–Kier alpha value is -0.330. The maximum atomic E-state index is 10.9. The standard InChI is InChI=1S/C11H20O/c1-2-3-4-5-6-10-7-8-11(12)9-10/h10H,2-9H2,1H3. The lowest BCUT2D eigenvalue weighted by Gasteiger charge is -2.06. The molecular weight excluding hydrogens is 148 g/mol. The van der Waals surface area contributed by atoms with Gasteiger partial charge in [0.25, 0.3) is 0 Å². The van der Waals surface area contributed by atoms with E-state index >= 15 is 0 Å². The number of Topliss-reactive ketones (excluding diaryl/α,β-unsaturated/α-hetero) is 1. The van der Waals surface area contributed by atoms with Crippen LogP contribution in [-0.4, -0.2) is 5.78 Å². The van der Waals surface area contributed by atoms with Crippen LogP contribution in [0.2, 0.25) is 0 Å². The van der Waals surface area contributed by atoms with Crippen molar-refractivity contribution >= 4 is 5.78 Å². The molecule has 0 aromatic carbocycles. The zero-order valence-electron chi connectivity index (χ0n) is 8.14. The third-order valence-electron chi connectivity index (χ3n) is 2.81. The van der Waals surface area contributed by atoms with Crippen molar-refractivity contribution in [1.29, 1.82) is 0 Å². The molecule has 0 bridgehead atoms. The average molecular weight is 168 g/mol. The number of hydrogen-bond donors (Lipinski definition) is 0. The van der Waals surface area contributed by atoms with Crippen LogP contribution in [0.3, 0.4) is 0 Å². The van der Waals surface area contributed by atoms with Crippen molar-refractivity contribution in [3.63, 3.8) is 0 Å². The van der Waals surface area contributed by atoms with Gasteiger partial charge in [-0.25, -0.2) is 0 Å². The first-order valence-electron chi connectivity index (χ1n) is 5.34. The fourth-order valence-corrected chi connectivity index (χ4v) is 2.00. The molecule has 0 aliphatic heterocycles. The quantitative estimate of drug-likeness (QED) is 0.575. The average Bonchev–Trinajstić information content (AvgIpc) is 2.45. The number of ketones is 1. The van der Waals surface area contributed by atoms with Crippen LogP contribution < -0.4 is 0 Å². The number of carbonyl (C=O) groups excluding carboxylic acids is 1. The zero-order chi connectivity index (χ0) is 8.81. The lowest BCUT2D eigenvalue weighted by atomic mass is 9.99. The third kappa shape index (κ3) is 3.38. The van der Waals surface area contributed by atoms with Crippen molar-refractivity contribution in [2.24, 2.45) is 5.92 Å². The second kappa shape index (κ2) is 5.34. The molecule has 0 N–H and O–H groups in total. The molecule has 0 saturated heterocycles. The van der Waals surface area contributed by atoms with E-state index in [1.54, 1.807) is 0 Å². The lowest BCUT2D eigenvalue weighted by molar-refractivity contribution is -0.117. The fraction of sp³-hybridized carbons (Fsp3) is 0.909. The van der Waals surface area contributed by atoms with Crippen LogP contribution in [-0.2, 0) is 4.79 Å². The number of unbranched alkanes of at least 4 members (excludes halogenated alkanes) is 3. The number of carbonyl (C=O) groups is 1. The van der Waals surface area contributed by atoms with Crippen LogP contribution >= 0.6 is 0 Å². The maximum absolute atomic E-state index is 10.9. The Labute approximate surface area is 75.5 Å². The smallest absolute Gasteiger partial charge is 0.133 e. The summed E-state index contributed by atoms with van der Waals surface area (Å²) in [6.07, 6.45) is 9.58. The molecule has 70 valence electrons. The van der Waals surface area contributed by atoms with Gasteiger partial charge in [0.2, 0.25) is 0 Å². The third-order valence-corrected chi connectivity index (χ3v) is 2.81. The first kappa shape index (κ1) is 9.76. The van der Waals surface area contributed by atoms with Crippen molar-refractivity contribution in [3.05, 3.63) is 0 Å². The van der Waals surface area contributed by atoms with Crippen molar-refractivity contribution in [2.45, 2.75) is 58.3 Å². The van der Waals surface area contributed by atoms with Crippen LogP contribution in [0, 0.1) is 5.92 Å². The molecule has 1 heteroatoms. The number of rotatable bonds is 5. The summed E-state index contributed by atoms with van der Waals surface area (Å²) in [6.45, 7) is 2.24. The Kier molecular flexibility index (Phi) is 4.34. The second-order valence-corrected chi connectivity index (χ2v) is 4.00. The molecule has 1 nitrogen and oxygen atoms in total. The molecule has 0 aromatic heterocycles. The summed E-state index contributed by atoms with van der Waals surface area (Å²) in [5.41, 5.74) is 0. The molecule has 12 heavy (non-hydrogen) atoms. The summed E-state index contributed by atoms with van der Waals surface area (Å²) in [5.74, 6) is 1.24. The molecule has 1 unspecified atom stereocenters. The molecular formula is C11H20O. The van der Waals surface area contributed by atoms with Gasteiger partial charge in [0, 0.05) is 12.8 Å². The highest BCUT2D eigenvalue weighted by atomic mass is 16.1. The molecule has 1 aliphatic rings. The van der Waals surface area contributed by atoms with Crippen molar-refractivity contribution < 1.29 is 4.79 Å². The Morgan fingerprint density at radius 3 is 2.75 bits per heavy atom. The Morgan fingerprint density at radius 1 is 1.33 bits per heavy atom. The fourth-order valence-electron chi connectivity index (χ4n) is 2.00. The monoisotopic (exact) mass is 168 g/mol. The molecule has 1 saturated carbocycles. The highest BCUT2D eigenvalue weighted by Gasteiger charge is 2.20. The van der Waals surface area contributed by atoms with E-state index < -0.39 is 0 Å². The molecule has 0 heterocycles. The summed E-state index contributed by atoms with van der Waals surface area (Å²) in [7, 11) is 0. The lowest BCUT2D eigenvalue weighted by Crippen LogP contribution is -1.94. The summed E-state index contributed by atoms with van der Waals surface area (Å²) >= 11 is 0. The van der Waals surface area contributed by atoms with Gasteiger partial charge in [0.15, 0.2) is 0 Å². The van der Waals surface area contributed by atoms with E-state index in [1.165, 1.54) is 38.5 Å². The Balaban J connectivity index is 1.97. The molecule has 1 atom stereocenters. The highest BCUT2D eigenvalue weighted by molar-refractivity contribution is 5.80. The predicted octanol–water partition coefficient (Wildman–Crippen LogP) is 3.33. The van der Waals surface area contributed by atoms with E-state index in [1.807, 2.05) is 0 Å². The normalized spacial score (nSPS) is 23.4. The topological polar surface area (TPSA) is 17.1 Å². The Morgan fingerprint density at radius 2 is 2.17 bits per heavy atom. The summed E-state index contributed by atoms with van der Waals surface area (Å²) in [4.78, 5) is 10.9. The van der Waals surface area contributed by atoms with Gasteiger partial charge in [-0.1, -0.05) is 39.0 Å². The van der Waals surface area contributed by atoms with Crippen LogP contribution in [0.1, 0.15) is 58.3 Å². The summed E-state index contributed by atoms with van der Waals surface area (Å²) < 4.78 is 0. The summed E-state index contributed by atoms with van der Waals surface area (Å²) in [6, 6.07) is 0. The zero-order valence-corrected chi connectivity index (χ0v) is 8.14. The van der Waals surface area contributed by atoms with Crippen LogP contribution in [0.15, 0.2) is 0 Å². The van der Waals surface area contributed by atoms with Gasteiger partial charge in [-0.3, -0.25) is 4.79 Å². The van der Waals surface area contributed by atoms with Gasteiger partial charge in [-0.2, -0.15) is 0 Å². The van der Waals surface area contributed by atoms with Gasteiger partial charge in [0.1, 0.15) is 5.78 Å². The molecule has 0 aromatic rings. The van der Waals surface area contributed by atoms with Gasteiger partial charge >= 0.3 is 0 Å². The first-order valence-corrected chi connectivity index (χ1v) is 5.34. The minimum atomic E-state index is 0.496. The minimum Gasteiger partial charge on any atom is -0.300 e. The molecule has 0 spiro atoms. The van der Waals surface area contributed by atoms with E-state index in [2.05, 4.69) is 6.92 Å². The number of hydrogen-bond acceptors (Lipinski definition) is 1. The van der Waals surface area contributed by atoms with E-state index in [0.29, 0.717) is 5.78 Å². The molecule has 1 rings (SSSR count). The highest BCUT2D eigenvalue weighted by Crippen LogP contribution is 2.26. The van der Waals surface area contributed by atoms with E-state index in [9.17, 15) is 4.79 Å². The second-order valence-electron chi connectivity index (χ2n) is 4.00. The van der Waals surface area contributed by atoms with E-state index in [4.69, 9.17) is 0 Å². The summed E-state index contributed by atoms with van der Waals surface area (Å²) in [5, 5.41) is 0. The maximum Gasteiger partial charge on any atom is 0.133 e. The largest absolute Gasteiger partial charge is 0.300 e. The van der Waals surface area contributed by atoms with Gasteiger partial charge in [-0.15, -0.1) is 0 Å². The molecule has 0 amide bonds. The Bertz CT molecular complexity index is 140. The SMILES string of the molecule is CCCCCCC1CCC(=O)C1. The van der Waals surface area contributed by atoms with Gasteiger partial charge in [0.05, 0.1) is 0 Å². The molecule has 1 fully saturated rings. The predicted molar refractivity (Wildman–Crippen MR) is 51.1 cm³/mol. The van der Waals surface area contributed by atoms with Crippen LogP contribution in [0.25, 0.3) is 0 Å². The van der Waals surface area contributed by atoms with Gasteiger partial charge < -0.3 is 0 Å². The van der Waals surface area contributed by atoms with Crippen LogP contribution in [0.5, 0.6) is 0 Å². The van der Waals surface area contributed by atoms with E-state index in [-0.39, 0.29) is 0 Å². The molecule has 1 aliphatic carbocycles. The van der Waals surface area contributed by atoms with Crippen molar-refractivity contribution in [1.82, 2.24) is 0 Å². The molecule has 0 radical (unpaired) electrons. The van der Waals surface area contributed by atoms with Crippen LogP contribution in [0.4, 0.5) is 0 Å². The minimum absolute atomic E-state index is 0.496. The van der Waals surface area contributed by atoms with E-state index in [0.717, 1.165) is 18.8 Å².